The van der Waals surface area contributed by atoms with E-state index in [1.807, 2.05) is 0 Å². The number of hydrogen-bond acceptors (Lipinski definition) is 1. The van der Waals surface area contributed by atoms with Crippen LogP contribution in [0.2, 0.25) is 0 Å². The highest BCUT2D eigenvalue weighted by atomic mass is 19.1. The molecule has 1 atom stereocenters. The van der Waals surface area contributed by atoms with Gasteiger partial charge < -0.3 is 10.6 Å². The summed E-state index contributed by atoms with van der Waals surface area (Å²) < 4.78 is 25.8. The predicted octanol–water partition coefficient (Wildman–Crippen LogP) is 3.21. The van der Waals surface area contributed by atoms with Gasteiger partial charge in [0.2, 0.25) is 0 Å². The van der Waals surface area contributed by atoms with E-state index in [1.165, 1.54) is 37.3 Å². The minimum Gasteiger partial charge on any atom is -0.309 e. The monoisotopic (exact) mass is 240 g/mol. The molecule has 2 N–H and O–H groups in total. The molecule has 0 bridgehead atoms. The molecule has 92 valence electrons. The predicted molar refractivity (Wildman–Crippen MR) is 62.9 cm³/mol. The first kappa shape index (κ1) is 13.2. The number of anilines is 1. The molecule has 1 unspecified atom stereocenters. The molecule has 1 aromatic carbocycles. The number of alkyl halides is 1. The van der Waals surface area contributed by atoms with Gasteiger partial charge in [-0.25, -0.2) is 13.6 Å². The van der Waals surface area contributed by atoms with E-state index in [1.54, 1.807) is 6.92 Å². The second-order valence-corrected chi connectivity index (χ2v) is 3.45. The molecule has 0 heterocycles. The number of urea groups is 1. The zero-order valence-electron chi connectivity index (χ0n) is 9.63. The maximum absolute atomic E-state index is 13.0. The molecule has 0 aliphatic rings. The van der Waals surface area contributed by atoms with Crippen molar-refractivity contribution in [1.29, 1.82) is 0 Å². The van der Waals surface area contributed by atoms with Crippen LogP contribution in [0.25, 0.3) is 0 Å². The number of benzene rings is 1. The molecule has 2 amide bonds. The first-order chi connectivity index (χ1) is 8.02. The largest absolute Gasteiger partial charge is 0.323 e. The summed E-state index contributed by atoms with van der Waals surface area (Å²) >= 11 is 0. The SMILES string of the molecule is C/C=C(/NC(=O)Nc1cccc(F)c1)C(C)F. The van der Waals surface area contributed by atoms with Crippen molar-refractivity contribution < 1.29 is 13.6 Å². The molecular weight excluding hydrogens is 226 g/mol. The van der Waals surface area contributed by atoms with Crippen LogP contribution in [0.1, 0.15) is 13.8 Å². The molecule has 0 fully saturated rings. The van der Waals surface area contributed by atoms with Crippen molar-refractivity contribution >= 4 is 11.7 Å². The summed E-state index contributed by atoms with van der Waals surface area (Å²) in [6.45, 7) is 2.94. The van der Waals surface area contributed by atoms with Gasteiger partial charge >= 0.3 is 6.03 Å². The molecule has 17 heavy (non-hydrogen) atoms. The Hall–Kier alpha value is -1.91. The van der Waals surface area contributed by atoms with E-state index in [0.29, 0.717) is 5.69 Å². The maximum atomic E-state index is 13.0. The third kappa shape index (κ3) is 4.22. The number of carbonyl (C=O) groups is 1. The Bertz CT molecular complexity index is 430. The minimum atomic E-state index is -1.27. The van der Waals surface area contributed by atoms with Gasteiger partial charge in [0.05, 0.1) is 0 Å². The van der Waals surface area contributed by atoms with Crippen LogP contribution in [-0.2, 0) is 0 Å². The van der Waals surface area contributed by atoms with Crippen molar-refractivity contribution in [3.05, 3.63) is 41.9 Å². The lowest BCUT2D eigenvalue weighted by Crippen LogP contribution is -2.31. The third-order valence-electron chi connectivity index (χ3n) is 2.08. The summed E-state index contributed by atoms with van der Waals surface area (Å²) in [6.07, 6.45) is 0.203. The van der Waals surface area contributed by atoms with Gasteiger partial charge in [-0.3, -0.25) is 0 Å². The van der Waals surface area contributed by atoms with E-state index in [2.05, 4.69) is 10.6 Å². The normalized spacial score (nSPS) is 13.1. The molecule has 0 saturated carbocycles. The van der Waals surface area contributed by atoms with Gasteiger partial charge in [0, 0.05) is 11.4 Å². The van der Waals surface area contributed by atoms with E-state index < -0.39 is 18.0 Å². The first-order valence-corrected chi connectivity index (χ1v) is 5.16. The average molecular weight is 240 g/mol. The quantitative estimate of drug-likeness (QED) is 0.836. The topological polar surface area (TPSA) is 41.1 Å². The minimum absolute atomic E-state index is 0.166. The van der Waals surface area contributed by atoms with E-state index in [9.17, 15) is 13.6 Å². The molecule has 0 aliphatic carbocycles. The van der Waals surface area contributed by atoms with Crippen molar-refractivity contribution in [3.63, 3.8) is 0 Å². The lowest BCUT2D eigenvalue weighted by Gasteiger charge is -2.11. The van der Waals surface area contributed by atoms with E-state index in [-0.39, 0.29) is 5.70 Å². The summed E-state index contributed by atoms with van der Waals surface area (Å²) in [5.74, 6) is -0.451. The number of rotatable bonds is 3. The van der Waals surface area contributed by atoms with Gasteiger partial charge in [0.15, 0.2) is 0 Å². The van der Waals surface area contributed by atoms with E-state index >= 15 is 0 Å². The third-order valence-corrected chi connectivity index (χ3v) is 2.08. The van der Waals surface area contributed by atoms with Gasteiger partial charge in [-0.15, -0.1) is 0 Å². The number of hydrogen-bond donors (Lipinski definition) is 2. The Balaban J connectivity index is 2.61. The zero-order chi connectivity index (χ0) is 12.8. The van der Waals surface area contributed by atoms with Crippen molar-refractivity contribution in [2.75, 3.05) is 5.32 Å². The highest BCUT2D eigenvalue weighted by Crippen LogP contribution is 2.09. The Labute approximate surface area is 98.5 Å². The van der Waals surface area contributed by atoms with Crippen LogP contribution >= 0.6 is 0 Å². The lowest BCUT2D eigenvalue weighted by molar-refractivity contribution is 0.252. The van der Waals surface area contributed by atoms with Gasteiger partial charge in [-0.2, -0.15) is 0 Å². The number of allylic oxidation sites excluding steroid dienone is 2. The number of halogens is 2. The van der Waals surface area contributed by atoms with Crippen molar-refractivity contribution in [1.82, 2.24) is 5.32 Å². The van der Waals surface area contributed by atoms with Crippen molar-refractivity contribution in [2.24, 2.45) is 0 Å². The number of nitrogens with one attached hydrogen (secondary N) is 2. The van der Waals surface area contributed by atoms with Crippen LogP contribution in [0.3, 0.4) is 0 Å². The molecular formula is C12H14F2N2O. The Kier molecular flexibility index (Phi) is 4.63. The summed E-state index contributed by atoms with van der Waals surface area (Å²) in [5, 5.41) is 4.75. The lowest BCUT2D eigenvalue weighted by atomic mass is 10.3. The van der Waals surface area contributed by atoms with Crippen LogP contribution in [0.4, 0.5) is 19.3 Å². The van der Waals surface area contributed by atoms with Crippen LogP contribution in [-0.4, -0.2) is 12.2 Å². The van der Waals surface area contributed by atoms with Gasteiger partial charge in [0.25, 0.3) is 0 Å². The molecule has 0 aromatic heterocycles. The van der Waals surface area contributed by atoms with Gasteiger partial charge in [-0.1, -0.05) is 12.1 Å². The Morgan fingerprint density at radius 1 is 1.47 bits per heavy atom. The second kappa shape index (κ2) is 5.98. The molecule has 0 aliphatic heterocycles. The number of carbonyl (C=O) groups excluding carboxylic acids is 1. The highest BCUT2D eigenvalue weighted by molar-refractivity contribution is 5.90. The summed E-state index contributed by atoms with van der Waals surface area (Å²) in [5.41, 5.74) is 0.475. The Morgan fingerprint density at radius 3 is 2.71 bits per heavy atom. The molecule has 1 aromatic rings. The van der Waals surface area contributed by atoms with Crippen LogP contribution in [0, 0.1) is 5.82 Å². The molecule has 0 spiro atoms. The fourth-order valence-electron chi connectivity index (χ4n) is 1.26. The van der Waals surface area contributed by atoms with Crippen LogP contribution in [0.5, 0.6) is 0 Å². The molecule has 1 rings (SSSR count). The molecule has 0 saturated heterocycles. The van der Waals surface area contributed by atoms with Crippen molar-refractivity contribution in [3.8, 4) is 0 Å². The Morgan fingerprint density at radius 2 is 2.18 bits per heavy atom. The standard InChI is InChI=1S/C12H14F2N2O/c1-3-11(8(2)13)16-12(17)15-10-6-4-5-9(14)7-10/h3-8H,1-2H3,(H2,15,16,17)/b11-3+. The summed E-state index contributed by atoms with van der Waals surface area (Å²) in [7, 11) is 0. The fraction of sp³-hybridized carbons (Fsp3) is 0.250. The molecule has 0 radical (unpaired) electrons. The zero-order valence-corrected chi connectivity index (χ0v) is 9.63. The highest BCUT2D eigenvalue weighted by Gasteiger charge is 2.09. The van der Waals surface area contributed by atoms with Crippen LogP contribution in [0.15, 0.2) is 36.0 Å². The first-order valence-electron chi connectivity index (χ1n) is 5.16. The fourth-order valence-corrected chi connectivity index (χ4v) is 1.26. The number of amides is 2. The smallest absolute Gasteiger partial charge is 0.309 e. The van der Waals surface area contributed by atoms with Crippen molar-refractivity contribution in [2.45, 2.75) is 20.0 Å². The van der Waals surface area contributed by atoms with E-state index in [4.69, 9.17) is 0 Å². The summed E-state index contributed by atoms with van der Waals surface area (Å²) in [4.78, 5) is 11.4. The second-order valence-electron chi connectivity index (χ2n) is 3.45. The maximum Gasteiger partial charge on any atom is 0.323 e. The van der Waals surface area contributed by atoms with E-state index in [0.717, 1.165) is 0 Å². The average Bonchev–Trinajstić information content (AvgIpc) is 2.25. The molecule has 5 heteroatoms. The van der Waals surface area contributed by atoms with Gasteiger partial charge in [0.1, 0.15) is 12.0 Å². The van der Waals surface area contributed by atoms with Gasteiger partial charge in [-0.05, 0) is 32.0 Å². The van der Waals surface area contributed by atoms with Crippen LogP contribution < -0.4 is 10.6 Å². The summed E-state index contributed by atoms with van der Waals surface area (Å²) in [6, 6.07) is 4.85. The molecule has 3 nitrogen and oxygen atoms in total.